The summed E-state index contributed by atoms with van der Waals surface area (Å²) in [5, 5.41) is 9.90. The van der Waals surface area contributed by atoms with Crippen molar-refractivity contribution < 1.29 is 14.3 Å². The van der Waals surface area contributed by atoms with Crippen LogP contribution in [0.2, 0.25) is 5.02 Å². The van der Waals surface area contributed by atoms with Crippen molar-refractivity contribution in [3.05, 3.63) is 51.4 Å². The van der Waals surface area contributed by atoms with Crippen molar-refractivity contribution in [2.75, 3.05) is 7.11 Å². The number of carbonyl (C=O) groups is 1. The molecule has 1 aliphatic rings. The van der Waals surface area contributed by atoms with Crippen LogP contribution < -0.4 is 10.3 Å². The molecule has 30 heavy (non-hydrogen) atoms. The van der Waals surface area contributed by atoms with Gasteiger partial charge in [-0.2, -0.15) is 5.26 Å². The zero-order valence-corrected chi connectivity index (χ0v) is 18.3. The number of nitriles is 1. The zero-order chi connectivity index (χ0) is 22.1. The Kier molecular flexibility index (Phi) is 6.23. The van der Waals surface area contributed by atoms with Crippen LogP contribution in [-0.4, -0.2) is 23.2 Å². The second-order valence-corrected chi connectivity index (χ2v) is 8.97. The van der Waals surface area contributed by atoms with Gasteiger partial charge in [0.2, 0.25) is 0 Å². The highest BCUT2D eigenvalue weighted by Gasteiger charge is 2.34. The first-order valence-electron chi connectivity index (χ1n) is 9.86. The fourth-order valence-corrected chi connectivity index (χ4v) is 3.52. The van der Waals surface area contributed by atoms with Gasteiger partial charge >= 0.3 is 5.97 Å². The van der Waals surface area contributed by atoms with E-state index < -0.39 is 17.6 Å². The van der Waals surface area contributed by atoms with Crippen molar-refractivity contribution in [2.24, 2.45) is 5.92 Å². The Morgan fingerprint density at radius 2 is 2.00 bits per heavy atom. The maximum Gasteiger partial charge on any atom is 0.329 e. The summed E-state index contributed by atoms with van der Waals surface area (Å²) in [6.07, 6.45) is 4.14. The van der Waals surface area contributed by atoms with Crippen LogP contribution in [0.15, 0.2) is 35.3 Å². The van der Waals surface area contributed by atoms with Crippen LogP contribution >= 0.6 is 11.6 Å². The maximum absolute atomic E-state index is 13.1. The molecule has 1 aromatic heterocycles. The van der Waals surface area contributed by atoms with Gasteiger partial charge in [-0.1, -0.05) is 24.4 Å². The Hall–Kier alpha value is -2.78. The summed E-state index contributed by atoms with van der Waals surface area (Å²) in [5.41, 5.74) is 0.298. The van der Waals surface area contributed by atoms with Crippen molar-refractivity contribution >= 4 is 17.6 Å². The molecule has 1 saturated carbocycles. The molecule has 1 atom stereocenters. The first-order chi connectivity index (χ1) is 14.1. The van der Waals surface area contributed by atoms with Crippen molar-refractivity contribution in [2.45, 2.75) is 51.7 Å². The number of benzene rings is 1. The number of carbonyl (C=O) groups excluding carboxylic acids is 1. The molecule has 1 unspecified atom stereocenters. The van der Waals surface area contributed by atoms with Gasteiger partial charge in [0, 0.05) is 22.2 Å². The number of hydrogen-bond donors (Lipinski definition) is 0. The van der Waals surface area contributed by atoms with Crippen molar-refractivity contribution in [3.63, 3.8) is 0 Å². The summed E-state index contributed by atoms with van der Waals surface area (Å²) >= 11 is 6.11. The highest BCUT2D eigenvalue weighted by atomic mass is 35.5. The van der Waals surface area contributed by atoms with E-state index in [1.54, 1.807) is 39.0 Å². The van der Waals surface area contributed by atoms with Gasteiger partial charge in [-0.25, -0.2) is 4.79 Å². The molecule has 0 N–H and O–H groups in total. The zero-order valence-electron chi connectivity index (χ0n) is 17.6. The van der Waals surface area contributed by atoms with E-state index >= 15 is 0 Å². The smallest absolute Gasteiger partial charge is 0.329 e. The van der Waals surface area contributed by atoms with Gasteiger partial charge in [0.15, 0.2) is 0 Å². The second-order valence-electron chi connectivity index (χ2n) is 8.53. The van der Waals surface area contributed by atoms with E-state index in [4.69, 9.17) is 21.1 Å². The van der Waals surface area contributed by atoms with Crippen LogP contribution in [0.25, 0.3) is 11.1 Å². The lowest BCUT2D eigenvalue weighted by Crippen LogP contribution is -2.35. The van der Waals surface area contributed by atoms with E-state index in [2.05, 4.69) is 6.07 Å². The minimum atomic E-state index is -0.734. The fourth-order valence-electron chi connectivity index (χ4n) is 3.34. The first-order valence-corrected chi connectivity index (χ1v) is 10.2. The summed E-state index contributed by atoms with van der Waals surface area (Å²) in [5.74, 6) is 0.336. The standard InChI is InChI=1S/C23H25ClN2O4/c1-23(2,3)30-22(28)19(9-14-5-6-14)26-13-20(29-4)18(11-21(26)27)17-10-16(24)8-7-15(17)12-25/h7-8,10-11,13-14,19H,5-6,9H2,1-4H3. The molecule has 6 nitrogen and oxygen atoms in total. The predicted molar refractivity (Wildman–Crippen MR) is 115 cm³/mol. The Labute approximate surface area is 181 Å². The summed E-state index contributed by atoms with van der Waals surface area (Å²) in [4.78, 5) is 26.0. The van der Waals surface area contributed by atoms with Gasteiger partial charge in [0.1, 0.15) is 17.4 Å². The van der Waals surface area contributed by atoms with Crippen LogP contribution in [0, 0.1) is 17.2 Å². The number of esters is 1. The molecule has 0 bridgehead atoms. The number of rotatable bonds is 6. The van der Waals surface area contributed by atoms with Gasteiger partial charge in [-0.15, -0.1) is 0 Å². The van der Waals surface area contributed by atoms with E-state index in [-0.39, 0.29) is 5.56 Å². The first kappa shape index (κ1) is 21.9. The molecule has 2 aromatic rings. The van der Waals surface area contributed by atoms with Gasteiger partial charge < -0.3 is 9.47 Å². The second kappa shape index (κ2) is 8.53. The third kappa shape index (κ3) is 5.03. The number of hydrogen-bond acceptors (Lipinski definition) is 5. The fraction of sp³-hybridized carbons (Fsp3) is 0.435. The molecule has 7 heteroatoms. The van der Waals surface area contributed by atoms with Gasteiger partial charge in [0.25, 0.3) is 5.56 Å². The van der Waals surface area contributed by atoms with Crippen molar-refractivity contribution in [3.8, 4) is 22.9 Å². The Morgan fingerprint density at radius 1 is 1.30 bits per heavy atom. The Balaban J connectivity index is 2.10. The lowest BCUT2D eigenvalue weighted by atomic mass is 10.00. The molecule has 3 rings (SSSR count). The molecule has 0 aliphatic heterocycles. The van der Waals surface area contributed by atoms with Crippen LogP contribution in [0.1, 0.15) is 51.6 Å². The molecule has 1 fully saturated rings. The summed E-state index contributed by atoms with van der Waals surface area (Å²) in [6.45, 7) is 5.40. The van der Waals surface area contributed by atoms with Gasteiger partial charge in [-0.3, -0.25) is 9.36 Å². The average molecular weight is 429 g/mol. The lowest BCUT2D eigenvalue weighted by molar-refractivity contribution is -0.159. The summed E-state index contributed by atoms with van der Waals surface area (Å²) in [6, 6.07) is 7.60. The number of halogens is 1. The molecule has 0 radical (unpaired) electrons. The van der Waals surface area contributed by atoms with Gasteiger partial charge in [0.05, 0.1) is 24.9 Å². The quantitative estimate of drug-likeness (QED) is 0.621. The molecule has 0 spiro atoms. The van der Waals surface area contributed by atoms with E-state index in [0.717, 1.165) is 12.8 Å². The monoisotopic (exact) mass is 428 g/mol. The van der Waals surface area contributed by atoms with Gasteiger partial charge in [-0.05, 0) is 51.3 Å². The predicted octanol–water partition coefficient (Wildman–Crippen LogP) is 4.73. The number of pyridine rings is 1. The van der Waals surface area contributed by atoms with Crippen molar-refractivity contribution in [1.29, 1.82) is 5.26 Å². The lowest BCUT2D eigenvalue weighted by Gasteiger charge is -2.26. The number of methoxy groups -OCH3 is 1. The Bertz CT molecular complexity index is 1060. The van der Waals surface area contributed by atoms with E-state index in [9.17, 15) is 14.9 Å². The Morgan fingerprint density at radius 3 is 2.57 bits per heavy atom. The molecule has 1 aliphatic carbocycles. The molecular weight excluding hydrogens is 404 g/mol. The average Bonchev–Trinajstić information content (AvgIpc) is 3.49. The van der Waals surface area contributed by atoms with E-state index in [1.165, 1.54) is 23.9 Å². The van der Waals surface area contributed by atoms with E-state index in [1.807, 2.05) is 0 Å². The SMILES string of the molecule is COc1cn(C(CC2CC2)C(=O)OC(C)(C)C)c(=O)cc1-c1cc(Cl)ccc1C#N. The van der Waals surface area contributed by atoms with Crippen LogP contribution in [0.5, 0.6) is 5.75 Å². The van der Waals surface area contributed by atoms with Crippen LogP contribution in [0.3, 0.4) is 0 Å². The minimum absolute atomic E-state index is 0.369. The summed E-state index contributed by atoms with van der Waals surface area (Å²) in [7, 11) is 1.48. The molecule has 0 saturated heterocycles. The van der Waals surface area contributed by atoms with Crippen LogP contribution in [-0.2, 0) is 9.53 Å². The molecule has 158 valence electrons. The topological polar surface area (TPSA) is 81.3 Å². The molecule has 0 amide bonds. The summed E-state index contributed by atoms with van der Waals surface area (Å²) < 4.78 is 12.5. The minimum Gasteiger partial charge on any atom is -0.495 e. The molecule has 1 aromatic carbocycles. The third-order valence-corrected chi connectivity index (χ3v) is 5.16. The van der Waals surface area contributed by atoms with Crippen molar-refractivity contribution in [1.82, 2.24) is 4.57 Å². The highest BCUT2D eigenvalue weighted by Crippen LogP contribution is 2.39. The molecule has 1 heterocycles. The number of nitrogens with zero attached hydrogens (tertiary/aromatic N) is 2. The number of ether oxygens (including phenoxy) is 2. The highest BCUT2D eigenvalue weighted by molar-refractivity contribution is 6.31. The number of aromatic nitrogens is 1. The largest absolute Gasteiger partial charge is 0.495 e. The molecular formula is C23H25ClN2O4. The van der Waals surface area contributed by atoms with E-state index in [0.29, 0.717) is 39.8 Å². The normalized spacial score (nSPS) is 14.7. The maximum atomic E-state index is 13.1. The third-order valence-electron chi connectivity index (χ3n) is 4.92. The van der Waals surface area contributed by atoms with Crippen LogP contribution in [0.4, 0.5) is 0 Å².